The molecule has 0 aliphatic carbocycles. The van der Waals surface area contributed by atoms with Gasteiger partial charge in [-0.15, -0.1) is 0 Å². The first-order valence-corrected chi connectivity index (χ1v) is 9.54. The number of hydrogen-bond donors (Lipinski definition) is 1. The van der Waals surface area contributed by atoms with Gasteiger partial charge in [0.25, 0.3) is 0 Å². The fourth-order valence-electron chi connectivity index (χ4n) is 3.33. The third-order valence-electron chi connectivity index (χ3n) is 4.64. The second-order valence-electron chi connectivity index (χ2n) is 6.29. The number of carbonyl (C=O) groups excluding carboxylic acids is 1. The smallest absolute Gasteiger partial charge is 0.213 e. The number of amides is 1. The number of thiazole rings is 1. The highest BCUT2D eigenvalue weighted by Gasteiger charge is 2.09. The van der Waals surface area contributed by atoms with Gasteiger partial charge in [0.2, 0.25) is 6.41 Å². The second-order valence-corrected chi connectivity index (χ2v) is 7.32. The molecule has 0 fully saturated rings. The van der Waals surface area contributed by atoms with Crippen molar-refractivity contribution >= 4 is 44.0 Å². The van der Waals surface area contributed by atoms with Crippen molar-refractivity contribution in [3.63, 3.8) is 0 Å². The molecule has 5 aromatic rings. The van der Waals surface area contributed by atoms with Crippen molar-refractivity contribution in [1.82, 2.24) is 15.0 Å². The SMILES string of the molecule is O=CNc1nc2ccc(-c3ccc4nccc(-c5ccncc5)c4c3)cc2s1. The van der Waals surface area contributed by atoms with Crippen molar-refractivity contribution in [2.45, 2.75) is 0 Å². The molecule has 5 nitrogen and oxygen atoms in total. The average Bonchev–Trinajstić information content (AvgIpc) is 3.15. The number of aromatic nitrogens is 3. The molecular weight excluding hydrogens is 368 g/mol. The van der Waals surface area contributed by atoms with Gasteiger partial charge in [0, 0.05) is 24.0 Å². The molecule has 0 saturated carbocycles. The van der Waals surface area contributed by atoms with E-state index in [1.807, 2.05) is 36.5 Å². The number of nitrogens with zero attached hydrogens (tertiary/aromatic N) is 3. The third kappa shape index (κ3) is 2.90. The van der Waals surface area contributed by atoms with E-state index in [-0.39, 0.29) is 0 Å². The molecule has 0 radical (unpaired) electrons. The van der Waals surface area contributed by atoms with Crippen molar-refractivity contribution in [3.05, 3.63) is 73.2 Å². The summed E-state index contributed by atoms with van der Waals surface area (Å²) in [5, 5.41) is 4.32. The van der Waals surface area contributed by atoms with Crippen LogP contribution >= 0.6 is 11.3 Å². The van der Waals surface area contributed by atoms with Gasteiger partial charge in [0.15, 0.2) is 5.13 Å². The van der Waals surface area contributed by atoms with Crippen LogP contribution in [0, 0.1) is 0 Å². The molecule has 0 aliphatic heterocycles. The van der Waals surface area contributed by atoms with Crippen LogP contribution in [0.3, 0.4) is 0 Å². The lowest BCUT2D eigenvalue weighted by Gasteiger charge is -2.09. The van der Waals surface area contributed by atoms with Gasteiger partial charge in [-0.1, -0.05) is 23.5 Å². The average molecular weight is 382 g/mol. The molecule has 28 heavy (non-hydrogen) atoms. The van der Waals surface area contributed by atoms with Crippen LogP contribution in [0.15, 0.2) is 73.2 Å². The van der Waals surface area contributed by atoms with Crippen LogP contribution in [0.1, 0.15) is 0 Å². The molecule has 0 unspecified atom stereocenters. The predicted octanol–water partition coefficient (Wildman–Crippen LogP) is 5.14. The molecule has 0 atom stereocenters. The molecule has 2 aromatic carbocycles. The summed E-state index contributed by atoms with van der Waals surface area (Å²) < 4.78 is 1.03. The summed E-state index contributed by atoms with van der Waals surface area (Å²) in [6.45, 7) is 0. The lowest BCUT2D eigenvalue weighted by molar-refractivity contribution is -0.105. The van der Waals surface area contributed by atoms with Crippen molar-refractivity contribution < 1.29 is 4.79 Å². The first kappa shape index (κ1) is 16.5. The third-order valence-corrected chi connectivity index (χ3v) is 5.59. The highest BCUT2D eigenvalue weighted by molar-refractivity contribution is 7.22. The molecule has 5 rings (SSSR count). The van der Waals surface area contributed by atoms with E-state index >= 15 is 0 Å². The number of benzene rings is 2. The largest absolute Gasteiger partial charge is 0.305 e. The number of rotatable bonds is 4. The van der Waals surface area contributed by atoms with Crippen LogP contribution in [0.5, 0.6) is 0 Å². The number of fused-ring (bicyclic) bond motifs is 2. The van der Waals surface area contributed by atoms with E-state index < -0.39 is 0 Å². The zero-order valence-electron chi connectivity index (χ0n) is 14.7. The number of hydrogen-bond acceptors (Lipinski definition) is 5. The van der Waals surface area contributed by atoms with Gasteiger partial charge >= 0.3 is 0 Å². The lowest BCUT2D eigenvalue weighted by Crippen LogP contribution is -1.91. The lowest BCUT2D eigenvalue weighted by atomic mass is 9.98. The maximum absolute atomic E-state index is 10.7. The van der Waals surface area contributed by atoms with E-state index in [4.69, 9.17) is 0 Å². The van der Waals surface area contributed by atoms with E-state index in [1.165, 1.54) is 11.3 Å². The van der Waals surface area contributed by atoms with Gasteiger partial charge in [-0.05, 0) is 64.7 Å². The number of pyridine rings is 2. The molecule has 0 saturated heterocycles. The van der Waals surface area contributed by atoms with E-state index in [9.17, 15) is 4.79 Å². The summed E-state index contributed by atoms with van der Waals surface area (Å²) in [6.07, 6.45) is 6.08. The molecule has 0 spiro atoms. The molecule has 3 aromatic heterocycles. The Labute approximate surface area is 164 Å². The van der Waals surface area contributed by atoms with Crippen molar-refractivity contribution in [2.75, 3.05) is 5.32 Å². The fourth-order valence-corrected chi connectivity index (χ4v) is 4.19. The molecule has 6 heteroatoms. The standard InChI is InChI=1S/C22H14N4OS/c27-13-25-22-26-20-4-2-16(12-21(20)28-22)15-1-3-19-18(11-15)17(7-10-24-19)14-5-8-23-9-6-14/h1-13H,(H,25,26,27). The molecular formula is C22H14N4OS. The quantitative estimate of drug-likeness (QED) is 0.437. The first-order chi connectivity index (χ1) is 13.8. The Kier molecular flexibility index (Phi) is 4.03. The maximum Gasteiger partial charge on any atom is 0.213 e. The molecule has 1 amide bonds. The summed E-state index contributed by atoms with van der Waals surface area (Å²) in [5.74, 6) is 0. The number of nitrogens with one attached hydrogen (secondary N) is 1. The van der Waals surface area contributed by atoms with Crippen LogP contribution in [-0.4, -0.2) is 21.4 Å². The van der Waals surface area contributed by atoms with E-state index in [0.717, 1.165) is 43.4 Å². The Morgan fingerprint density at radius 1 is 0.821 bits per heavy atom. The van der Waals surface area contributed by atoms with Crippen molar-refractivity contribution in [1.29, 1.82) is 0 Å². The predicted molar refractivity (Wildman–Crippen MR) is 113 cm³/mol. The fraction of sp³-hybridized carbons (Fsp3) is 0. The Morgan fingerprint density at radius 3 is 2.43 bits per heavy atom. The monoisotopic (exact) mass is 382 g/mol. The van der Waals surface area contributed by atoms with Gasteiger partial charge in [-0.25, -0.2) is 4.98 Å². The van der Waals surface area contributed by atoms with Crippen LogP contribution in [0.4, 0.5) is 5.13 Å². The highest BCUT2D eigenvalue weighted by Crippen LogP contribution is 2.34. The zero-order chi connectivity index (χ0) is 18.9. The summed E-state index contributed by atoms with van der Waals surface area (Å²) >= 11 is 1.46. The molecule has 1 N–H and O–H groups in total. The minimum atomic E-state index is 0.602. The van der Waals surface area contributed by atoms with Crippen LogP contribution in [0.2, 0.25) is 0 Å². The first-order valence-electron chi connectivity index (χ1n) is 8.72. The number of carbonyl (C=O) groups is 1. The summed E-state index contributed by atoms with van der Waals surface area (Å²) in [4.78, 5) is 23.7. The topological polar surface area (TPSA) is 67.8 Å². The summed E-state index contributed by atoms with van der Waals surface area (Å²) in [7, 11) is 0. The summed E-state index contributed by atoms with van der Waals surface area (Å²) in [6, 6.07) is 18.5. The Bertz CT molecular complexity index is 1310. The van der Waals surface area contributed by atoms with Crippen LogP contribution in [-0.2, 0) is 4.79 Å². The van der Waals surface area contributed by atoms with Crippen LogP contribution in [0.25, 0.3) is 43.4 Å². The number of anilines is 1. The van der Waals surface area contributed by atoms with E-state index in [2.05, 4.69) is 44.5 Å². The van der Waals surface area contributed by atoms with Gasteiger partial charge in [-0.3, -0.25) is 14.8 Å². The Balaban J connectivity index is 1.65. The van der Waals surface area contributed by atoms with Gasteiger partial charge < -0.3 is 5.32 Å². The Morgan fingerprint density at radius 2 is 1.61 bits per heavy atom. The van der Waals surface area contributed by atoms with Crippen LogP contribution < -0.4 is 5.32 Å². The van der Waals surface area contributed by atoms with E-state index in [0.29, 0.717) is 11.5 Å². The normalized spacial score (nSPS) is 11.0. The molecule has 0 bridgehead atoms. The maximum atomic E-state index is 10.7. The molecule has 0 aliphatic rings. The van der Waals surface area contributed by atoms with Gasteiger partial charge in [0.1, 0.15) is 0 Å². The van der Waals surface area contributed by atoms with Gasteiger partial charge in [-0.2, -0.15) is 0 Å². The summed E-state index contributed by atoms with van der Waals surface area (Å²) in [5.41, 5.74) is 6.27. The zero-order valence-corrected chi connectivity index (χ0v) is 15.5. The molecule has 3 heterocycles. The highest BCUT2D eigenvalue weighted by atomic mass is 32.1. The van der Waals surface area contributed by atoms with Crippen molar-refractivity contribution in [3.8, 4) is 22.3 Å². The second kappa shape index (κ2) is 6.83. The van der Waals surface area contributed by atoms with Gasteiger partial charge in [0.05, 0.1) is 15.7 Å². The Hall–Kier alpha value is -3.64. The van der Waals surface area contributed by atoms with Crippen molar-refractivity contribution in [2.24, 2.45) is 0 Å². The minimum Gasteiger partial charge on any atom is -0.305 e. The van der Waals surface area contributed by atoms with E-state index in [1.54, 1.807) is 12.4 Å². The molecule has 134 valence electrons. The minimum absolute atomic E-state index is 0.602.